The van der Waals surface area contributed by atoms with Gasteiger partial charge in [0.15, 0.2) is 0 Å². The Hall–Kier alpha value is -2.63. The molecule has 1 aromatic heterocycles. The SMILES string of the molecule is O=C(CCc1ccccc1F)NC1CCN(C(=O)c2ccoc2)CC1. The molecule has 5 nitrogen and oxygen atoms in total. The van der Waals surface area contributed by atoms with Crippen LogP contribution in [0.4, 0.5) is 4.39 Å². The van der Waals surface area contributed by atoms with Crippen LogP contribution >= 0.6 is 0 Å². The maximum atomic E-state index is 13.6. The summed E-state index contributed by atoms with van der Waals surface area (Å²) in [5, 5.41) is 2.98. The van der Waals surface area contributed by atoms with Crippen LogP contribution in [0.15, 0.2) is 47.3 Å². The van der Waals surface area contributed by atoms with E-state index in [2.05, 4.69) is 5.32 Å². The Kier molecular flexibility index (Phi) is 5.48. The average molecular weight is 344 g/mol. The van der Waals surface area contributed by atoms with E-state index in [4.69, 9.17) is 4.42 Å². The van der Waals surface area contributed by atoms with E-state index in [9.17, 15) is 14.0 Å². The Morgan fingerprint density at radius 1 is 1.20 bits per heavy atom. The Morgan fingerprint density at radius 3 is 2.64 bits per heavy atom. The summed E-state index contributed by atoms with van der Waals surface area (Å²) in [6, 6.07) is 8.21. The van der Waals surface area contributed by atoms with Crippen molar-refractivity contribution in [1.29, 1.82) is 0 Å². The number of benzene rings is 1. The number of piperidine rings is 1. The van der Waals surface area contributed by atoms with Gasteiger partial charge in [0.25, 0.3) is 5.91 Å². The van der Waals surface area contributed by atoms with Crippen LogP contribution in [0.1, 0.15) is 35.2 Å². The largest absolute Gasteiger partial charge is 0.472 e. The molecule has 1 N–H and O–H groups in total. The van der Waals surface area contributed by atoms with Crippen molar-refractivity contribution in [3.63, 3.8) is 0 Å². The number of aryl methyl sites for hydroxylation is 1. The van der Waals surface area contributed by atoms with Gasteiger partial charge in [-0.25, -0.2) is 4.39 Å². The highest BCUT2D eigenvalue weighted by molar-refractivity contribution is 5.93. The second kappa shape index (κ2) is 7.96. The lowest BCUT2D eigenvalue weighted by Crippen LogP contribution is -2.46. The molecule has 1 saturated heterocycles. The monoisotopic (exact) mass is 344 g/mol. The quantitative estimate of drug-likeness (QED) is 0.907. The van der Waals surface area contributed by atoms with Crippen LogP contribution in [0.5, 0.6) is 0 Å². The Labute approximate surface area is 145 Å². The van der Waals surface area contributed by atoms with E-state index in [1.807, 2.05) is 0 Å². The first-order valence-electron chi connectivity index (χ1n) is 8.48. The highest BCUT2D eigenvalue weighted by atomic mass is 19.1. The molecule has 0 atom stereocenters. The van der Waals surface area contributed by atoms with Crippen molar-refractivity contribution >= 4 is 11.8 Å². The van der Waals surface area contributed by atoms with Crippen molar-refractivity contribution in [1.82, 2.24) is 10.2 Å². The topological polar surface area (TPSA) is 62.6 Å². The van der Waals surface area contributed by atoms with Crippen molar-refractivity contribution in [2.75, 3.05) is 13.1 Å². The number of hydrogen-bond donors (Lipinski definition) is 1. The molecule has 1 fully saturated rings. The van der Waals surface area contributed by atoms with Gasteiger partial charge in [0.2, 0.25) is 5.91 Å². The van der Waals surface area contributed by atoms with Gasteiger partial charge in [-0.2, -0.15) is 0 Å². The molecule has 1 aromatic carbocycles. The smallest absolute Gasteiger partial charge is 0.257 e. The summed E-state index contributed by atoms with van der Waals surface area (Å²) >= 11 is 0. The minimum Gasteiger partial charge on any atom is -0.472 e. The molecule has 3 rings (SSSR count). The molecule has 0 bridgehead atoms. The number of furan rings is 1. The van der Waals surface area contributed by atoms with Crippen LogP contribution in [-0.4, -0.2) is 35.8 Å². The van der Waals surface area contributed by atoms with E-state index in [1.54, 1.807) is 29.2 Å². The second-order valence-electron chi connectivity index (χ2n) is 6.24. The van der Waals surface area contributed by atoms with Crippen LogP contribution in [0.3, 0.4) is 0 Å². The first kappa shape index (κ1) is 17.2. The predicted octanol–water partition coefficient (Wildman–Crippen LogP) is 2.77. The van der Waals surface area contributed by atoms with E-state index in [1.165, 1.54) is 18.6 Å². The zero-order valence-electron chi connectivity index (χ0n) is 13.9. The standard InChI is InChI=1S/C19H21FN2O3/c20-17-4-2-1-3-14(17)5-6-18(23)21-16-7-10-22(11-8-16)19(24)15-9-12-25-13-15/h1-4,9,12-13,16H,5-8,10-11H2,(H,21,23). The summed E-state index contributed by atoms with van der Waals surface area (Å²) in [5.41, 5.74) is 1.10. The number of carbonyl (C=O) groups excluding carboxylic acids is 2. The van der Waals surface area contributed by atoms with E-state index < -0.39 is 0 Å². The molecule has 2 aromatic rings. The van der Waals surface area contributed by atoms with Crippen molar-refractivity contribution in [3.8, 4) is 0 Å². The van der Waals surface area contributed by atoms with E-state index in [0.717, 1.165) is 12.8 Å². The van der Waals surface area contributed by atoms with Gasteiger partial charge >= 0.3 is 0 Å². The summed E-state index contributed by atoms with van der Waals surface area (Å²) in [4.78, 5) is 26.1. The fourth-order valence-electron chi connectivity index (χ4n) is 3.04. The van der Waals surface area contributed by atoms with E-state index >= 15 is 0 Å². The summed E-state index contributed by atoms with van der Waals surface area (Å²) in [6.07, 6.45) is 5.00. The lowest BCUT2D eigenvalue weighted by atomic mass is 10.0. The number of nitrogens with zero attached hydrogens (tertiary/aromatic N) is 1. The summed E-state index contributed by atoms with van der Waals surface area (Å²) in [5.74, 6) is -0.401. The van der Waals surface area contributed by atoms with Crippen molar-refractivity contribution in [3.05, 3.63) is 59.8 Å². The van der Waals surface area contributed by atoms with Gasteiger partial charge in [0.1, 0.15) is 12.1 Å². The maximum absolute atomic E-state index is 13.6. The summed E-state index contributed by atoms with van der Waals surface area (Å²) < 4.78 is 18.5. The van der Waals surface area contributed by atoms with E-state index in [-0.39, 0.29) is 30.1 Å². The molecule has 6 heteroatoms. The molecule has 25 heavy (non-hydrogen) atoms. The first-order valence-corrected chi connectivity index (χ1v) is 8.48. The van der Waals surface area contributed by atoms with Crippen LogP contribution in [-0.2, 0) is 11.2 Å². The van der Waals surface area contributed by atoms with Gasteiger partial charge in [-0.1, -0.05) is 18.2 Å². The van der Waals surface area contributed by atoms with Crippen LogP contribution in [0, 0.1) is 5.82 Å². The van der Waals surface area contributed by atoms with Crippen molar-refractivity contribution in [2.45, 2.75) is 31.7 Å². The highest BCUT2D eigenvalue weighted by Crippen LogP contribution is 2.15. The summed E-state index contributed by atoms with van der Waals surface area (Å²) in [6.45, 7) is 1.20. The minimum atomic E-state index is -0.277. The number of likely N-dealkylation sites (tertiary alicyclic amines) is 1. The molecule has 0 spiro atoms. The van der Waals surface area contributed by atoms with Crippen molar-refractivity contribution < 1.29 is 18.4 Å². The molecular weight excluding hydrogens is 323 g/mol. The Morgan fingerprint density at radius 2 is 1.96 bits per heavy atom. The number of nitrogens with one attached hydrogen (secondary N) is 1. The highest BCUT2D eigenvalue weighted by Gasteiger charge is 2.25. The second-order valence-corrected chi connectivity index (χ2v) is 6.24. The molecule has 0 radical (unpaired) electrons. The summed E-state index contributed by atoms with van der Waals surface area (Å²) in [7, 11) is 0. The average Bonchev–Trinajstić information content (AvgIpc) is 3.16. The third-order valence-electron chi connectivity index (χ3n) is 4.49. The molecule has 2 amide bonds. The first-order chi connectivity index (χ1) is 12.1. The van der Waals surface area contributed by atoms with Crippen molar-refractivity contribution in [2.24, 2.45) is 0 Å². The number of rotatable bonds is 5. The third-order valence-corrected chi connectivity index (χ3v) is 4.49. The zero-order chi connectivity index (χ0) is 17.6. The normalized spacial score (nSPS) is 15.2. The van der Waals surface area contributed by atoms with Gasteiger partial charge in [-0.3, -0.25) is 9.59 Å². The zero-order valence-corrected chi connectivity index (χ0v) is 13.9. The van der Waals surface area contributed by atoms with Gasteiger partial charge in [0.05, 0.1) is 11.8 Å². The van der Waals surface area contributed by atoms with Crippen LogP contribution in [0.25, 0.3) is 0 Å². The van der Waals surface area contributed by atoms with Crippen LogP contribution < -0.4 is 5.32 Å². The fourth-order valence-corrected chi connectivity index (χ4v) is 3.04. The maximum Gasteiger partial charge on any atom is 0.257 e. The molecule has 1 aliphatic heterocycles. The lowest BCUT2D eigenvalue weighted by Gasteiger charge is -2.32. The Bertz CT molecular complexity index is 722. The van der Waals surface area contributed by atoms with Crippen LogP contribution in [0.2, 0.25) is 0 Å². The number of halogens is 1. The van der Waals surface area contributed by atoms with Gasteiger partial charge in [-0.05, 0) is 37.0 Å². The number of amides is 2. The molecule has 1 aliphatic rings. The third kappa shape index (κ3) is 4.47. The molecule has 0 saturated carbocycles. The fraction of sp³-hybridized carbons (Fsp3) is 0.368. The number of carbonyl (C=O) groups is 2. The molecule has 132 valence electrons. The molecule has 2 heterocycles. The van der Waals surface area contributed by atoms with Gasteiger partial charge < -0.3 is 14.6 Å². The molecular formula is C19H21FN2O3. The number of hydrogen-bond acceptors (Lipinski definition) is 3. The molecule has 0 aliphatic carbocycles. The van der Waals surface area contributed by atoms with Gasteiger partial charge in [-0.15, -0.1) is 0 Å². The minimum absolute atomic E-state index is 0.0434. The molecule has 0 unspecified atom stereocenters. The van der Waals surface area contributed by atoms with Gasteiger partial charge in [0, 0.05) is 25.6 Å². The predicted molar refractivity (Wildman–Crippen MR) is 90.5 cm³/mol. The van der Waals surface area contributed by atoms with E-state index in [0.29, 0.717) is 30.6 Å². The lowest BCUT2D eigenvalue weighted by molar-refractivity contribution is -0.122. The Balaban J connectivity index is 1.42.